The van der Waals surface area contributed by atoms with Crippen LogP contribution in [0.25, 0.3) is 0 Å². The Kier molecular flexibility index (Phi) is 5.60. The monoisotopic (exact) mass is 342 g/mol. The van der Waals surface area contributed by atoms with Gasteiger partial charge in [0.15, 0.2) is 0 Å². The molecular weight excluding hydrogens is 319 g/mol. The predicted molar refractivity (Wildman–Crippen MR) is 95.7 cm³/mol. The van der Waals surface area contributed by atoms with Crippen LogP contribution in [0.2, 0.25) is 0 Å². The summed E-state index contributed by atoms with van der Waals surface area (Å²) in [5.74, 6) is -0.185. The molecule has 1 aromatic carbocycles. The number of halogens is 1. The molecule has 2 heterocycles. The quantitative estimate of drug-likeness (QED) is 0.903. The molecule has 1 saturated heterocycles. The number of anilines is 1. The van der Waals surface area contributed by atoms with E-state index in [0.29, 0.717) is 25.3 Å². The molecule has 1 N–H and O–H groups in total. The number of aromatic nitrogens is 1. The summed E-state index contributed by atoms with van der Waals surface area (Å²) in [6, 6.07) is 10.4. The molecule has 1 atom stereocenters. The van der Waals surface area contributed by atoms with E-state index in [1.807, 2.05) is 30.0 Å². The highest BCUT2D eigenvalue weighted by Crippen LogP contribution is 2.20. The van der Waals surface area contributed by atoms with E-state index in [-0.39, 0.29) is 17.8 Å². The second-order valence-electron chi connectivity index (χ2n) is 6.22. The van der Waals surface area contributed by atoms with Gasteiger partial charge in [-0.25, -0.2) is 4.39 Å². The summed E-state index contributed by atoms with van der Waals surface area (Å²) in [6.07, 6.45) is 3.43. The second kappa shape index (κ2) is 8.07. The van der Waals surface area contributed by atoms with Crippen molar-refractivity contribution in [3.8, 4) is 0 Å². The smallest absolute Gasteiger partial charge is 0.237 e. The number of nitrogens with one attached hydrogen (secondary N) is 1. The van der Waals surface area contributed by atoms with Gasteiger partial charge in [-0.3, -0.25) is 14.7 Å². The molecule has 0 bridgehead atoms. The number of carbonyl (C=O) groups is 1. The Morgan fingerprint density at radius 2 is 1.84 bits per heavy atom. The van der Waals surface area contributed by atoms with Gasteiger partial charge < -0.3 is 10.2 Å². The lowest BCUT2D eigenvalue weighted by atomic mass is 10.2. The first-order valence-corrected chi connectivity index (χ1v) is 8.55. The average molecular weight is 342 g/mol. The maximum atomic E-state index is 13.9. The number of para-hydroxylation sites is 1. The third kappa shape index (κ3) is 4.33. The van der Waals surface area contributed by atoms with E-state index in [0.717, 1.165) is 18.7 Å². The highest BCUT2D eigenvalue weighted by atomic mass is 19.1. The molecule has 0 radical (unpaired) electrons. The van der Waals surface area contributed by atoms with Crippen LogP contribution in [0.1, 0.15) is 12.5 Å². The fraction of sp³-hybridized carbons (Fsp3) is 0.368. The largest absolute Gasteiger partial charge is 0.367 e. The number of piperazine rings is 1. The van der Waals surface area contributed by atoms with Gasteiger partial charge in [-0.15, -0.1) is 0 Å². The molecule has 1 aliphatic heterocycles. The van der Waals surface area contributed by atoms with E-state index in [2.05, 4.69) is 15.2 Å². The number of carbonyl (C=O) groups excluding carboxylic acids is 1. The lowest BCUT2D eigenvalue weighted by Gasteiger charge is -2.38. The molecule has 1 unspecified atom stereocenters. The van der Waals surface area contributed by atoms with Crippen LogP contribution in [0.3, 0.4) is 0 Å². The third-order valence-electron chi connectivity index (χ3n) is 4.65. The van der Waals surface area contributed by atoms with Gasteiger partial charge in [0.25, 0.3) is 0 Å². The Morgan fingerprint density at radius 1 is 1.16 bits per heavy atom. The molecule has 1 aliphatic rings. The first-order chi connectivity index (χ1) is 12.1. The van der Waals surface area contributed by atoms with Gasteiger partial charge in [-0.2, -0.15) is 0 Å². The van der Waals surface area contributed by atoms with Crippen molar-refractivity contribution < 1.29 is 9.18 Å². The van der Waals surface area contributed by atoms with Crippen LogP contribution < -0.4 is 10.2 Å². The van der Waals surface area contributed by atoms with Crippen molar-refractivity contribution in [3.05, 3.63) is 60.2 Å². The number of hydrogen-bond donors (Lipinski definition) is 1. The van der Waals surface area contributed by atoms with Crippen molar-refractivity contribution in [2.75, 3.05) is 31.1 Å². The molecule has 0 spiro atoms. The van der Waals surface area contributed by atoms with Crippen molar-refractivity contribution >= 4 is 11.6 Å². The summed E-state index contributed by atoms with van der Waals surface area (Å²) >= 11 is 0. The molecule has 0 aliphatic carbocycles. The molecule has 132 valence electrons. The molecule has 0 saturated carbocycles. The average Bonchev–Trinajstić information content (AvgIpc) is 2.67. The Morgan fingerprint density at radius 3 is 2.52 bits per heavy atom. The number of nitrogens with zero attached hydrogens (tertiary/aromatic N) is 3. The van der Waals surface area contributed by atoms with Crippen molar-refractivity contribution in [2.24, 2.45) is 0 Å². The minimum absolute atomic E-state index is 0.0103. The first-order valence-electron chi connectivity index (χ1n) is 8.55. The molecular formula is C19H23FN4O. The lowest BCUT2D eigenvalue weighted by Crippen LogP contribution is -2.54. The molecule has 6 heteroatoms. The highest BCUT2D eigenvalue weighted by molar-refractivity contribution is 5.81. The van der Waals surface area contributed by atoms with E-state index >= 15 is 0 Å². The summed E-state index contributed by atoms with van der Waals surface area (Å²) in [4.78, 5) is 20.5. The normalized spacial score (nSPS) is 16.5. The van der Waals surface area contributed by atoms with E-state index in [4.69, 9.17) is 0 Å². The molecule has 5 nitrogen and oxygen atoms in total. The number of rotatable bonds is 5. The SMILES string of the molecule is CC(C(=O)NCc1ccncc1)N1CCN(c2ccccc2F)CC1. The number of benzene rings is 1. The van der Waals surface area contributed by atoms with Crippen molar-refractivity contribution in [2.45, 2.75) is 19.5 Å². The standard InChI is InChI=1S/C19H23FN4O/c1-15(19(25)22-14-16-6-8-21-9-7-16)23-10-12-24(13-11-23)18-5-3-2-4-17(18)20/h2-9,15H,10-14H2,1H3,(H,22,25). The summed E-state index contributed by atoms with van der Waals surface area (Å²) < 4.78 is 13.9. The Hall–Kier alpha value is -2.47. The summed E-state index contributed by atoms with van der Waals surface area (Å²) in [5, 5.41) is 2.97. The van der Waals surface area contributed by atoms with E-state index in [9.17, 15) is 9.18 Å². The molecule has 2 aromatic rings. The maximum absolute atomic E-state index is 13.9. The number of amides is 1. The molecule has 3 rings (SSSR count). The Bertz CT molecular complexity index is 702. The van der Waals surface area contributed by atoms with Gasteiger partial charge in [-0.1, -0.05) is 12.1 Å². The Labute approximate surface area is 147 Å². The summed E-state index contributed by atoms with van der Waals surface area (Å²) in [6.45, 7) is 5.31. The van der Waals surface area contributed by atoms with Crippen LogP contribution in [0.15, 0.2) is 48.8 Å². The van der Waals surface area contributed by atoms with Gasteiger partial charge in [0.1, 0.15) is 5.82 Å². The topological polar surface area (TPSA) is 48.5 Å². The van der Waals surface area contributed by atoms with Gasteiger partial charge in [0, 0.05) is 45.1 Å². The zero-order valence-electron chi connectivity index (χ0n) is 14.4. The highest BCUT2D eigenvalue weighted by Gasteiger charge is 2.26. The zero-order valence-corrected chi connectivity index (χ0v) is 14.4. The van der Waals surface area contributed by atoms with Gasteiger partial charge in [0.05, 0.1) is 11.7 Å². The van der Waals surface area contributed by atoms with Gasteiger partial charge in [0.2, 0.25) is 5.91 Å². The van der Waals surface area contributed by atoms with Crippen molar-refractivity contribution in [1.82, 2.24) is 15.2 Å². The van der Waals surface area contributed by atoms with E-state index in [1.54, 1.807) is 24.5 Å². The van der Waals surface area contributed by atoms with Gasteiger partial charge in [-0.05, 0) is 36.8 Å². The lowest BCUT2D eigenvalue weighted by molar-refractivity contribution is -0.126. The zero-order chi connectivity index (χ0) is 17.6. The minimum Gasteiger partial charge on any atom is -0.367 e. The van der Waals surface area contributed by atoms with Gasteiger partial charge >= 0.3 is 0 Å². The first kappa shape index (κ1) is 17.4. The molecule has 1 amide bonds. The molecule has 1 fully saturated rings. The molecule has 1 aromatic heterocycles. The predicted octanol–water partition coefficient (Wildman–Crippen LogP) is 2.05. The van der Waals surface area contributed by atoms with E-state index < -0.39 is 0 Å². The van der Waals surface area contributed by atoms with Crippen molar-refractivity contribution in [3.63, 3.8) is 0 Å². The second-order valence-corrected chi connectivity index (χ2v) is 6.22. The van der Waals surface area contributed by atoms with Crippen LogP contribution >= 0.6 is 0 Å². The fourth-order valence-corrected chi connectivity index (χ4v) is 3.06. The van der Waals surface area contributed by atoms with E-state index in [1.165, 1.54) is 6.07 Å². The minimum atomic E-state index is -0.204. The Balaban J connectivity index is 1.50. The summed E-state index contributed by atoms with van der Waals surface area (Å²) in [5.41, 5.74) is 1.66. The molecule has 25 heavy (non-hydrogen) atoms. The fourth-order valence-electron chi connectivity index (χ4n) is 3.06. The maximum Gasteiger partial charge on any atom is 0.237 e. The summed E-state index contributed by atoms with van der Waals surface area (Å²) in [7, 11) is 0. The number of pyridine rings is 1. The van der Waals surface area contributed by atoms with Crippen molar-refractivity contribution in [1.29, 1.82) is 0 Å². The van der Waals surface area contributed by atoms with Crippen LogP contribution in [-0.4, -0.2) is 48.0 Å². The number of hydrogen-bond acceptors (Lipinski definition) is 4. The van der Waals surface area contributed by atoms with Crippen LogP contribution in [0, 0.1) is 5.82 Å². The van der Waals surface area contributed by atoms with Crippen LogP contribution in [0.4, 0.5) is 10.1 Å². The third-order valence-corrected chi connectivity index (χ3v) is 4.65. The van der Waals surface area contributed by atoms with Crippen LogP contribution in [0.5, 0.6) is 0 Å². The van der Waals surface area contributed by atoms with Crippen LogP contribution in [-0.2, 0) is 11.3 Å².